The molecule has 2 aromatic rings. The Bertz CT molecular complexity index is 671. The van der Waals surface area contributed by atoms with Gasteiger partial charge in [-0.3, -0.25) is 4.79 Å². The number of halogens is 1. The highest BCUT2D eigenvalue weighted by atomic mass is 79.9. The quantitative estimate of drug-likeness (QED) is 0.862. The minimum absolute atomic E-state index is 0.155. The first-order valence-corrected chi connectivity index (χ1v) is 6.96. The van der Waals surface area contributed by atoms with Crippen LogP contribution < -0.4 is 0 Å². The summed E-state index contributed by atoms with van der Waals surface area (Å²) in [5, 5.41) is 8.85. The van der Waals surface area contributed by atoms with Crippen molar-refractivity contribution in [2.75, 3.05) is 7.05 Å². The molecule has 0 aliphatic rings. The van der Waals surface area contributed by atoms with Gasteiger partial charge in [0.25, 0.3) is 5.91 Å². The minimum atomic E-state index is -0.967. The van der Waals surface area contributed by atoms with Gasteiger partial charge in [0.05, 0.1) is 11.1 Å². The Hall–Kier alpha value is -2.21. The van der Waals surface area contributed by atoms with Crippen molar-refractivity contribution in [3.63, 3.8) is 0 Å². The van der Waals surface area contributed by atoms with Crippen LogP contribution in [0.2, 0.25) is 0 Å². The molecule has 2 rings (SSSR count). The van der Waals surface area contributed by atoms with Crippen molar-refractivity contribution in [2.45, 2.75) is 6.54 Å². The smallest absolute Gasteiger partial charge is 0.335 e. The monoisotopic (exact) mass is 348 g/mol. The van der Waals surface area contributed by atoms with Crippen LogP contribution in [0.1, 0.15) is 26.3 Å². The van der Waals surface area contributed by atoms with Crippen LogP contribution in [0.25, 0.3) is 0 Å². The van der Waals surface area contributed by atoms with Gasteiger partial charge in [-0.05, 0) is 45.8 Å². The van der Waals surface area contributed by atoms with E-state index in [1.165, 1.54) is 12.1 Å². The first-order valence-electron chi connectivity index (χ1n) is 6.17. The third kappa shape index (κ3) is 3.66. The molecule has 0 saturated heterocycles. The van der Waals surface area contributed by atoms with Crippen molar-refractivity contribution < 1.29 is 14.7 Å². The van der Waals surface area contributed by atoms with Crippen molar-refractivity contribution in [3.05, 3.63) is 63.9 Å². The van der Waals surface area contributed by atoms with E-state index in [0.717, 1.165) is 5.56 Å². The summed E-state index contributed by atoms with van der Waals surface area (Å²) in [5.74, 6) is -1.12. The lowest BCUT2D eigenvalue weighted by molar-refractivity contribution is 0.0695. The molecule has 6 heteroatoms. The predicted molar refractivity (Wildman–Crippen MR) is 81.1 cm³/mol. The molecule has 0 aliphatic carbocycles. The lowest BCUT2D eigenvalue weighted by Crippen LogP contribution is -2.26. The Labute approximate surface area is 130 Å². The highest BCUT2D eigenvalue weighted by Gasteiger charge is 2.15. The summed E-state index contributed by atoms with van der Waals surface area (Å²) in [6.07, 6.45) is 1.60. The van der Waals surface area contributed by atoms with Crippen LogP contribution in [0, 0.1) is 0 Å². The average Bonchev–Trinajstić information content (AvgIpc) is 2.47. The maximum atomic E-state index is 12.3. The summed E-state index contributed by atoms with van der Waals surface area (Å²) < 4.78 is 0.503. The zero-order chi connectivity index (χ0) is 15.4. The van der Waals surface area contributed by atoms with Crippen molar-refractivity contribution in [2.24, 2.45) is 0 Å². The molecule has 0 aliphatic heterocycles. The minimum Gasteiger partial charge on any atom is -0.478 e. The summed E-state index contributed by atoms with van der Waals surface area (Å²) in [6, 6.07) is 9.85. The fourth-order valence-electron chi connectivity index (χ4n) is 1.85. The Kier molecular flexibility index (Phi) is 4.70. The van der Waals surface area contributed by atoms with Crippen LogP contribution in [0.4, 0.5) is 0 Å². The Morgan fingerprint density at radius 1 is 1.24 bits per heavy atom. The third-order valence-corrected chi connectivity index (χ3v) is 3.59. The number of pyridine rings is 1. The van der Waals surface area contributed by atoms with E-state index in [0.29, 0.717) is 16.7 Å². The van der Waals surface area contributed by atoms with E-state index in [9.17, 15) is 9.59 Å². The molecule has 0 unspecified atom stereocenters. The number of rotatable bonds is 4. The molecule has 0 spiro atoms. The number of nitrogens with zero attached hydrogens (tertiary/aromatic N) is 2. The van der Waals surface area contributed by atoms with Crippen molar-refractivity contribution in [3.8, 4) is 0 Å². The second-order valence-electron chi connectivity index (χ2n) is 4.51. The van der Waals surface area contributed by atoms with Crippen molar-refractivity contribution in [1.82, 2.24) is 9.88 Å². The number of carboxylic acid groups (broad SMARTS) is 1. The van der Waals surface area contributed by atoms with E-state index in [1.54, 1.807) is 42.4 Å². The molecule has 0 radical (unpaired) electrons. The molecule has 1 aromatic carbocycles. The van der Waals surface area contributed by atoms with Gasteiger partial charge in [-0.15, -0.1) is 0 Å². The Balaban J connectivity index is 2.10. The number of carboxylic acids is 1. The van der Waals surface area contributed by atoms with Crippen LogP contribution in [0.3, 0.4) is 0 Å². The summed E-state index contributed by atoms with van der Waals surface area (Å²) >= 11 is 3.25. The molecule has 0 fully saturated rings. The fourth-order valence-corrected chi connectivity index (χ4v) is 2.27. The average molecular weight is 349 g/mol. The number of hydrogen-bond acceptors (Lipinski definition) is 3. The summed E-state index contributed by atoms with van der Waals surface area (Å²) in [5.41, 5.74) is 1.57. The van der Waals surface area contributed by atoms with Gasteiger partial charge in [0.1, 0.15) is 4.60 Å². The van der Waals surface area contributed by atoms with Gasteiger partial charge in [0.2, 0.25) is 0 Å². The molecule has 1 amide bonds. The van der Waals surface area contributed by atoms with Gasteiger partial charge < -0.3 is 10.0 Å². The van der Waals surface area contributed by atoms with Crippen LogP contribution in [-0.4, -0.2) is 33.9 Å². The molecule has 0 bridgehead atoms. The Morgan fingerprint density at radius 2 is 1.90 bits per heavy atom. The molecule has 1 heterocycles. The highest BCUT2D eigenvalue weighted by molar-refractivity contribution is 9.10. The van der Waals surface area contributed by atoms with E-state index in [2.05, 4.69) is 20.9 Å². The number of carbonyl (C=O) groups is 2. The fraction of sp³-hybridized carbons (Fsp3) is 0.133. The van der Waals surface area contributed by atoms with Gasteiger partial charge in [-0.25, -0.2) is 9.78 Å². The van der Waals surface area contributed by atoms with Crippen LogP contribution in [0.15, 0.2) is 47.2 Å². The van der Waals surface area contributed by atoms with Crippen LogP contribution in [-0.2, 0) is 6.54 Å². The molecule has 21 heavy (non-hydrogen) atoms. The SMILES string of the molecule is CN(Cc1ccc(C(=O)O)cc1)C(=O)c1cccnc1Br. The lowest BCUT2D eigenvalue weighted by Gasteiger charge is -2.17. The van der Waals surface area contributed by atoms with E-state index >= 15 is 0 Å². The molecule has 108 valence electrons. The molecule has 0 atom stereocenters. The number of aromatic carboxylic acids is 1. The number of hydrogen-bond donors (Lipinski definition) is 1. The predicted octanol–water partition coefficient (Wildman–Crippen LogP) is 2.81. The van der Waals surface area contributed by atoms with E-state index in [1.807, 2.05) is 0 Å². The number of amides is 1. The standard InChI is InChI=1S/C15H13BrN2O3/c1-18(14(19)12-3-2-8-17-13(12)16)9-10-4-6-11(7-5-10)15(20)21/h2-8H,9H2,1H3,(H,20,21). The molecule has 1 aromatic heterocycles. The maximum Gasteiger partial charge on any atom is 0.335 e. The van der Waals surface area contributed by atoms with E-state index in [4.69, 9.17) is 5.11 Å². The number of aromatic nitrogens is 1. The van der Waals surface area contributed by atoms with E-state index in [-0.39, 0.29) is 11.5 Å². The zero-order valence-corrected chi connectivity index (χ0v) is 12.9. The van der Waals surface area contributed by atoms with Gasteiger partial charge >= 0.3 is 5.97 Å². The lowest BCUT2D eigenvalue weighted by atomic mass is 10.1. The summed E-state index contributed by atoms with van der Waals surface area (Å²) in [7, 11) is 1.69. The molecule has 0 saturated carbocycles. The molecular formula is C15H13BrN2O3. The molecule has 1 N–H and O–H groups in total. The van der Waals surface area contributed by atoms with Gasteiger partial charge in [0.15, 0.2) is 0 Å². The summed E-state index contributed by atoms with van der Waals surface area (Å²) in [6.45, 7) is 0.389. The zero-order valence-electron chi connectivity index (χ0n) is 11.3. The first-order chi connectivity index (χ1) is 9.99. The first kappa shape index (κ1) is 15.2. The largest absolute Gasteiger partial charge is 0.478 e. The van der Waals surface area contributed by atoms with Gasteiger partial charge in [-0.1, -0.05) is 12.1 Å². The normalized spacial score (nSPS) is 10.2. The molecular weight excluding hydrogens is 336 g/mol. The summed E-state index contributed by atoms with van der Waals surface area (Å²) in [4.78, 5) is 28.7. The van der Waals surface area contributed by atoms with Crippen LogP contribution >= 0.6 is 15.9 Å². The maximum absolute atomic E-state index is 12.3. The van der Waals surface area contributed by atoms with Gasteiger partial charge in [-0.2, -0.15) is 0 Å². The number of carbonyl (C=O) groups excluding carboxylic acids is 1. The van der Waals surface area contributed by atoms with Crippen LogP contribution in [0.5, 0.6) is 0 Å². The van der Waals surface area contributed by atoms with Crippen molar-refractivity contribution >= 4 is 27.8 Å². The second kappa shape index (κ2) is 6.49. The van der Waals surface area contributed by atoms with Crippen molar-refractivity contribution in [1.29, 1.82) is 0 Å². The van der Waals surface area contributed by atoms with Gasteiger partial charge in [0, 0.05) is 19.8 Å². The molecule has 5 nitrogen and oxygen atoms in total. The highest BCUT2D eigenvalue weighted by Crippen LogP contribution is 2.16. The third-order valence-electron chi connectivity index (χ3n) is 2.96. The number of benzene rings is 1. The Morgan fingerprint density at radius 3 is 2.48 bits per heavy atom. The second-order valence-corrected chi connectivity index (χ2v) is 5.26. The van der Waals surface area contributed by atoms with E-state index < -0.39 is 5.97 Å². The topological polar surface area (TPSA) is 70.5 Å².